The van der Waals surface area contributed by atoms with E-state index in [1.807, 2.05) is 35.9 Å². The SMILES string of the molecule is Cn1c(CNC(=O)CN2CCCCCC2=O)nc2ccccc21. The third-order valence-corrected chi connectivity index (χ3v) is 4.33. The maximum Gasteiger partial charge on any atom is 0.239 e. The van der Waals surface area contributed by atoms with Crippen molar-refractivity contribution in [2.75, 3.05) is 13.1 Å². The van der Waals surface area contributed by atoms with E-state index < -0.39 is 0 Å². The Morgan fingerprint density at radius 3 is 2.91 bits per heavy atom. The van der Waals surface area contributed by atoms with Crippen LogP contribution in [0.25, 0.3) is 11.0 Å². The molecule has 1 fully saturated rings. The second-order valence-electron chi connectivity index (χ2n) is 5.98. The number of amides is 2. The summed E-state index contributed by atoms with van der Waals surface area (Å²) in [5.74, 6) is 0.759. The van der Waals surface area contributed by atoms with E-state index in [0.29, 0.717) is 19.5 Å². The number of carbonyl (C=O) groups is 2. The number of carbonyl (C=O) groups excluding carboxylic acids is 2. The Morgan fingerprint density at radius 2 is 2.09 bits per heavy atom. The fourth-order valence-electron chi connectivity index (χ4n) is 2.97. The second kappa shape index (κ2) is 6.81. The average molecular weight is 314 g/mol. The minimum atomic E-state index is -0.132. The number of rotatable bonds is 4. The molecule has 6 nitrogen and oxygen atoms in total. The topological polar surface area (TPSA) is 67.2 Å². The standard InChI is InChI=1S/C17H22N4O2/c1-20-14-8-5-4-7-13(14)19-15(20)11-18-16(22)12-21-10-6-2-3-9-17(21)23/h4-5,7-8H,2-3,6,9-12H2,1H3,(H,18,22). The molecule has 2 amide bonds. The van der Waals surface area contributed by atoms with Crippen LogP contribution in [0.3, 0.4) is 0 Å². The van der Waals surface area contributed by atoms with Gasteiger partial charge in [0.1, 0.15) is 5.82 Å². The van der Waals surface area contributed by atoms with Gasteiger partial charge in [-0.3, -0.25) is 9.59 Å². The first kappa shape index (κ1) is 15.5. The zero-order valence-corrected chi connectivity index (χ0v) is 13.4. The first-order chi connectivity index (χ1) is 11.1. The van der Waals surface area contributed by atoms with Crippen molar-refractivity contribution in [1.29, 1.82) is 0 Å². The van der Waals surface area contributed by atoms with Crippen LogP contribution in [0.5, 0.6) is 0 Å². The average Bonchev–Trinajstić information content (AvgIpc) is 2.73. The van der Waals surface area contributed by atoms with E-state index in [9.17, 15) is 9.59 Å². The Balaban J connectivity index is 1.59. The number of nitrogens with zero attached hydrogens (tertiary/aromatic N) is 3. The smallest absolute Gasteiger partial charge is 0.239 e. The first-order valence-electron chi connectivity index (χ1n) is 8.10. The highest BCUT2D eigenvalue weighted by Gasteiger charge is 2.19. The van der Waals surface area contributed by atoms with E-state index in [-0.39, 0.29) is 18.4 Å². The van der Waals surface area contributed by atoms with E-state index in [1.54, 1.807) is 4.90 Å². The Hall–Kier alpha value is -2.37. The van der Waals surface area contributed by atoms with Gasteiger partial charge in [-0.1, -0.05) is 18.6 Å². The van der Waals surface area contributed by atoms with Crippen molar-refractivity contribution in [2.24, 2.45) is 7.05 Å². The highest BCUT2D eigenvalue weighted by atomic mass is 16.2. The largest absolute Gasteiger partial charge is 0.347 e. The summed E-state index contributed by atoms with van der Waals surface area (Å²) < 4.78 is 1.98. The lowest BCUT2D eigenvalue weighted by Crippen LogP contribution is -2.40. The Bertz CT molecular complexity index is 722. The van der Waals surface area contributed by atoms with E-state index >= 15 is 0 Å². The lowest BCUT2D eigenvalue weighted by Gasteiger charge is -2.19. The van der Waals surface area contributed by atoms with Gasteiger partial charge in [0.15, 0.2) is 0 Å². The molecule has 2 aromatic rings. The minimum absolute atomic E-state index is 0.0837. The third kappa shape index (κ3) is 3.52. The summed E-state index contributed by atoms with van der Waals surface area (Å²) >= 11 is 0. The van der Waals surface area contributed by atoms with Crippen molar-refractivity contribution < 1.29 is 9.59 Å². The number of hydrogen-bond acceptors (Lipinski definition) is 3. The lowest BCUT2D eigenvalue weighted by atomic mass is 10.2. The molecule has 1 N–H and O–H groups in total. The molecule has 0 radical (unpaired) electrons. The molecule has 0 saturated carbocycles. The highest BCUT2D eigenvalue weighted by Crippen LogP contribution is 2.14. The summed E-state index contributed by atoms with van der Waals surface area (Å²) in [5.41, 5.74) is 1.96. The highest BCUT2D eigenvalue weighted by molar-refractivity contribution is 5.85. The Kier molecular flexibility index (Phi) is 4.60. The van der Waals surface area contributed by atoms with Crippen molar-refractivity contribution in [3.05, 3.63) is 30.1 Å². The fourth-order valence-corrected chi connectivity index (χ4v) is 2.97. The molecule has 3 rings (SSSR count). The van der Waals surface area contributed by atoms with Crippen LogP contribution in [0.1, 0.15) is 31.5 Å². The normalized spacial score (nSPS) is 15.7. The number of benzene rings is 1. The van der Waals surface area contributed by atoms with E-state index in [0.717, 1.165) is 36.1 Å². The molecular formula is C17H22N4O2. The van der Waals surface area contributed by atoms with Gasteiger partial charge in [0.25, 0.3) is 0 Å². The van der Waals surface area contributed by atoms with Crippen molar-refractivity contribution >= 4 is 22.8 Å². The van der Waals surface area contributed by atoms with Crippen LogP contribution in [-0.4, -0.2) is 39.4 Å². The summed E-state index contributed by atoms with van der Waals surface area (Å²) in [7, 11) is 1.94. The van der Waals surface area contributed by atoms with Crippen LogP contribution in [0, 0.1) is 0 Å². The number of imidazole rings is 1. The summed E-state index contributed by atoms with van der Waals surface area (Å²) in [5, 5.41) is 2.87. The van der Waals surface area contributed by atoms with Crippen molar-refractivity contribution in [1.82, 2.24) is 19.8 Å². The molecule has 0 bridgehead atoms. The molecule has 1 aromatic carbocycles. The molecule has 0 atom stereocenters. The molecule has 1 aromatic heterocycles. The van der Waals surface area contributed by atoms with Gasteiger partial charge in [-0.25, -0.2) is 4.98 Å². The van der Waals surface area contributed by atoms with Crippen LogP contribution < -0.4 is 5.32 Å². The predicted octanol–water partition coefficient (Wildman–Crippen LogP) is 1.59. The molecular weight excluding hydrogens is 292 g/mol. The lowest BCUT2D eigenvalue weighted by molar-refractivity contribution is -0.135. The monoisotopic (exact) mass is 314 g/mol. The quantitative estimate of drug-likeness (QED) is 0.932. The number of para-hydroxylation sites is 2. The number of fused-ring (bicyclic) bond motifs is 1. The molecule has 1 saturated heterocycles. The van der Waals surface area contributed by atoms with Gasteiger partial charge >= 0.3 is 0 Å². The van der Waals surface area contributed by atoms with Gasteiger partial charge in [-0.15, -0.1) is 0 Å². The maximum atomic E-state index is 12.1. The van der Waals surface area contributed by atoms with Crippen molar-refractivity contribution in [3.8, 4) is 0 Å². The molecule has 122 valence electrons. The Labute approximate surface area is 135 Å². The van der Waals surface area contributed by atoms with Crippen LogP contribution >= 0.6 is 0 Å². The number of likely N-dealkylation sites (tertiary alicyclic amines) is 1. The number of nitrogens with one attached hydrogen (secondary N) is 1. The summed E-state index contributed by atoms with van der Waals surface area (Å²) in [4.78, 5) is 30.2. The summed E-state index contributed by atoms with van der Waals surface area (Å²) in [6, 6.07) is 7.88. The predicted molar refractivity (Wildman–Crippen MR) is 87.6 cm³/mol. The Morgan fingerprint density at radius 1 is 1.26 bits per heavy atom. The summed E-state index contributed by atoms with van der Waals surface area (Å²) in [6.45, 7) is 1.19. The number of aryl methyl sites for hydroxylation is 1. The second-order valence-corrected chi connectivity index (χ2v) is 5.98. The van der Waals surface area contributed by atoms with Crippen LogP contribution in [0.2, 0.25) is 0 Å². The molecule has 6 heteroatoms. The van der Waals surface area contributed by atoms with E-state index in [4.69, 9.17) is 0 Å². The van der Waals surface area contributed by atoms with Gasteiger partial charge in [0, 0.05) is 20.0 Å². The third-order valence-electron chi connectivity index (χ3n) is 4.33. The van der Waals surface area contributed by atoms with E-state index in [2.05, 4.69) is 10.3 Å². The number of aromatic nitrogens is 2. The van der Waals surface area contributed by atoms with Gasteiger partial charge in [0.05, 0.1) is 24.1 Å². The molecule has 23 heavy (non-hydrogen) atoms. The maximum absolute atomic E-state index is 12.1. The summed E-state index contributed by atoms with van der Waals surface area (Å²) in [6.07, 6.45) is 3.52. The minimum Gasteiger partial charge on any atom is -0.347 e. The van der Waals surface area contributed by atoms with Gasteiger partial charge in [0.2, 0.25) is 11.8 Å². The fraction of sp³-hybridized carbons (Fsp3) is 0.471. The molecule has 1 aliphatic heterocycles. The number of hydrogen-bond donors (Lipinski definition) is 1. The molecule has 0 spiro atoms. The van der Waals surface area contributed by atoms with Gasteiger partial charge in [-0.2, -0.15) is 0 Å². The van der Waals surface area contributed by atoms with Crippen molar-refractivity contribution in [2.45, 2.75) is 32.2 Å². The van der Waals surface area contributed by atoms with Gasteiger partial charge in [-0.05, 0) is 25.0 Å². The zero-order valence-electron chi connectivity index (χ0n) is 13.4. The van der Waals surface area contributed by atoms with Crippen molar-refractivity contribution in [3.63, 3.8) is 0 Å². The van der Waals surface area contributed by atoms with Crippen LogP contribution in [-0.2, 0) is 23.2 Å². The first-order valence-corrected chi connectivity index (χ1v) is 8.10. The van der Waals surface area contributed by atoms with E-state index in [1.165, 1.54) is 0 Å². The zero-order chi connectivity index (χ0) is 16.2. The molecule has 0 unspecified atom stereocenters. The molecule has 2 heterocycles. The van der Waals surface area contributed by atoms with Crippen LogP contribution in [0.15, 0.2) is 24.3 Å². The molecule has 0 aliphatic carbocycles. The molecule has 1 aliphatic rings. The van der Waals surface area contributed by atoms with Crippen LogP contribution in [0.4, 0.5) is 0 Å². The van der Waals surface area contributed by atoms with Gasteiger partial charge < -0.3 is 14.8 Å².